The van der Waals surface area contributed by atoms with Crippen LogP contribution in [0, 0.1) is 0 Å². The monoisotopic (exact) mass is 244 g/mol. The number of hydrogen-bond donors (Lipinski definition) is 0. The highest BCUT2D eigenvalue weighted by Crippen LogP contribution is 2.35. The summed E-state index contributed by atoms with van der Waals surface area (Å²) < 4.78 is 10.4. The van der Waals surface area contributed by atoms with E-state index < -0.39 is 5.97 Å². The second-order valence-electron chi connectivity index (χ2n) is 3.75. The highest BCUT2D eigenvalue weighted by atomic mass is 16.5. The van der Waals surface area contributed by atoms with Gasteiger partial charge in [-0.05, 0) is 6.07 Å². The van der Waals surface area contributed by atoms with Crippen molar-refractivity contribution in [2.24, 2.45) is 0 Å². The molecule has 0 unspecified atom stereocenters. The van der Waals surface area contributed by atoms with Crippen molar-refractivity contribution < 1.29 is 19.1 Å². The van der Waals surface area contributed by atoms with E-state index in [2.05, 4.69) is 0 Å². The zero-order valence-corrected chi connectivity index (χ0v) is 10.1. The molecule has 2 aromatic carbocycles. The third-order valence-electron chi connectivity index (χ3n) is 2.58. The number of esters is 1. The molecule has 0 saturated heterocycles. The van der Waals surface area contributed by atoms with Crippen molar-refractivity contribution in [2.75, 3.05) is 7.11 Å². The predicted molar refractivity (Wildman–Crippen MR) is 67.2 cm³/mol. The first kappa shape index (κ1) is 12.1. The summed E-state index contributed by atoms with van der Waals surface area (Å²) in [6.45, 7) is 1.30. The molecule has 2 aromatic rings. The maximum atomic E-state index is 11.1. The van der Waals surface area contributed by atoms with Crippen LogP contribution in [-0.4, -0.2) is 19.4 Å². The number of methoxy groups -OCH3 is 1. The number of carbonyl (C=O) groups excluding carboxylic acids is 2. The number of fused-ring (bicyclic) bond motifs is 1. The van der Waals surface area contributed by atoms with Crippen LogP contribution in [0.1, 0.15) is 17.3 Å². The molecule has 0 fully saturated rings. The van der Waals surface area contributed by atoms with Crippen LogP contribution in [0.25, 0.3) is 10.8 Å². The van der Waals surface area contributed by atoms with Gasteiger partial charge in [-0.3, -0.25) is 9.59 Å². The van der Waals surface area contributed by atoms with Gasteiger partial charge in [0, 0.05) is 17.7 Å². The molecule has 0 aliphatic rings. The zero-order chi connectivity index (χ0) is 13.1. The topological polar surface area (TPSA) is 52.6 Å². The minimum Gasteiger partial charge on any atom is -0.496 e. The lowest BCUT2D eigenvalue weighted by molar-refractivity contribution is -0.131. The van der Waals surface area contributed by atoms with E-state index >= 15 is 0 Å². The number of ether oxygens (including phenoxy) is 2. The normalized spacial score (nSPS) is 10.1. The van der Waals surface area contributed by atoms with E-state index in [0.29, 0.717) is 23.0 Å². The third-order valence-corrected chi connectivity index (χ3v) is 2.58. The number of carbonyl (C=O) groups is 2. The van der Waals surface area contributed by atoms with Crippen LogP contribution in [0.4, 0.5) is 0 Å². The largest absolute Gasteiger partial charge is 0.496 e. The van der Waals surface area contributed by atoms with Gasteiger partial charge in [-0.1, -0.05) is 24.3 Å². The molecule has 92 valence electrons. The first-order chi connectivity index (χ1) is 8.67. The van der Waals surface area contributed by atoms with Crippen molar-refractivity contribution in [2.45, 2.75) is 6.92 Å². The first-order valence-corrected chi connectivity index (χ1v) is 5.40. The van der Waals surface area contributed by atoms with Crippen molar-refractivity contribution in [3.05, 3.63) is 35.9 Å². The summed E-state index contributed by atoms with van der Waals surface area (Å²) in [5.41, 5.74) is 0.292. The Balaban J connectivity index is 2.80. The Morgan fingerprint density at radius 2 is 1.89 bits per heavy atom. The van der Waals surface area contributed by atoms with Crippen LogP contribution in [0.2, 0.25) is 0 Å². The molecule has 0 saturated carbocycles. The summed E-state index contributed by atoms with van der Waals surface area (Å²) in [5.74, 6) is 0.380. The van der Waals surface area contributed by atoms with Gasteiger partial charge in [-0.15, -0.1) is 0 Å². The van der Waals surface area contributed by atoms with Gasteiger partial charge in [0.25, 0.3) is 0 Å². The van der Waals surface area contributed by atoms with Gasteiger partial charge >= 0.3 is 5.97 Å². The first-order valence-electron chi connectivity index (χ1n) is 5.40. The quantitative estimate of drug-likeness (QED) is 0.473. The lowest BCUT2D eigenvalue weighted by Crippen LogP contribution is -2.05. The summed E-state index contributed by atoms with van der Waals surface area (Å²) in [6.07, 6.45) is 0.646. The van der Waals surface area contributed by atoms with Crippen molar-refractivity contribution in [3.63, 3.8) is 0 Å². The van der Waals surface area contributed by atoms with E-state index in [4.69, 9.17) is 9.47 Å². The zero-order valence-electron chi connectivity index (χ0n) is 10.1. The maximum absolute atomic E-state index is 11.1. The third kappa shape index (κ3) is 2.05. The Kier molecular flexibility index (Phi) is 3.28. The average molecular weight is 244 g/mol. The Hall–Kier alpha value is -2.36. The summed E-state index contributed by atoms with van der Waals surface area (Å²) in [4.78, 5) is 22.2. The highest BCUT2D eigenvalue weighted by molar-refractivity contribution is 6.01. The van der Waals surface area contributed by atoms with Crippen LogP contribution in [0.5, 0.6) is 11.5 Å². The molecule has 18 heavy (non-hydrogen) atoms. The van der Waals surface area contributed by atoms with Crippen molar-refractivity contribution in [1.82, 2.24) is 0 Å². The van der Waals surface area contributed by atoms with Gasteiger partial charge in [0.2, 0.25) is 0 Å². The van der Waals surface area contributed by atoms with E-state index in [9.17, 15) is 9.59 Å². The van der Waals surface area contributed by atoms with E-state index in [1.165, 1.54) is 14.0 Å². The van der Waals surface area contributed by atoms with Gasteiger partial charge in [0.15, 0.2) is 6.29 Å². The van der Waals surface area contributed by atoms with Gasteiger partial charge in [-0.2, -0.15) is 0 Å². The van der Waals surface area contributed by atoms with Crippen LogP contribution in [0.3, 0.4) is 0 Å². The molecule has 0 spiro atoms. The molecule has 0 aromatic heterocycles. The van der Waals surface area contributed by atoms with Crippen LogP contribution in [-0.2, 0) is 4.79 Å². The molecule has 0 radical (unpaired) electrons. The molecule has 0 bridgehead atoms. The van der Waals surface area contributed by atoms with E-state index in [-0.39, 0.29) is 5.75 Å². The number of rotatable bonds is 3. The lowest BCUT2D eigenvalue weighted by Gasteiger charge is -2.12. The molecule has 0 aliphatic heterocycles. The lowest BCUT2D eigenvalue weighted by atomic mass is 10.0. The summed E-state index contributed by atoms with van der Waals surface area (Å²) in [7, 11) is 1.53. The SMILES string of the molecule is COc1cc(C=O)c(OC(C)=O)c2ccccc12. The Morgan fingerprint density at radius 1 is 1.22 bits per heavy atom. The highest BCUT2D eigenvalue weighted by Gasteiger charge is 2.14. The second-order valence-corrected chi connectivity index (χ2v) is 3.75. The second kappa shape index (κ2) is 4.87. The van der Waals surface area contributed by atoms with Gasteiger partial charge in [0.1, 0.15) is 11.5 Å². The molecule has 0 N–H and O–H groups in total. The number of aldehydes is 1. The molecular formula is C14H12O4. The van der Waals surface area contributed by atoms with Crippen LogP contribution in [0.15, 0.2) is 30.3 Å². The Morgan fingerprint density at radius 3 is 2.44 bits per heavy atom. The fourth-order valence-corrected chi connectivity index (χ4v) is 1.85. The standard InChI is InChI=1S/C14H12O4/c1-9(16)18-14-10(8-15)7-13(17-2)11-5-3-4-6-12(11)14/h3-8H,1-2H3. The van der Waals surface area contributed by atoms with Crippen molar-refractivity contribution in [3.8, 4) is 11.5 Å². The molecule has 2 rings (SSSR count). The van der Waals surface area contributed by atoms with Crippen LogP contribution < -0.4 is 9.47 Å². The van der Waals surface area contributed by atoms with Crippen molar-refractivity contribution in [1.29, 1.82) is 0 Å². The average Bonchev–Trinajstić information content (AvgIpc) is 2.38. The van der Waals surface area contributed by atoms with Gasteiger partial charge < -0.3 is 9.47 Å². The molecule has 4 nitrogen and oxygen atoms in total. The molecular weight excluding hydrogens is 232 g/mol. The summed E-state index contributed by atoms with van der Waals surface area (Å²) in [6, 6.07) is 8.85. The minimum atomic E-state index is -0.464. The van der Waals surface area contributed by atoms with Crippen LogP contribution >= 0.6 is 0 Å². The maximum Gasteiger partial charge on any atom is 0.308 e. The fraction of sp³-hybridized carbons (Fsp3) is 0.143. The van der Waals surface area contributed by atoms with Crippen molar-refractivity contribution >= 4 is 23.0 Å². The smallest absolute Gasteiger partial charge is 0.308 e. The van der Waals surface area contributed by atoms with Gasteiger partial charge in [0.05, 0.1) is 12.7 Å². The Bertz CT molecular complexity index is 616. The van der Waals surface area contributed by atoms with Gasteiger partial charge in [-0.25, -0.2) is 0 Å². The molecule has 0 amide bonds. The predicted octanol–water partition coefficient (Wildman–Crippen LogP) is 2.59. The molecule has 0 heterocycles. The number of benzene rings is 2. The minimum absolute atomic E-state index is 0.272. The van der Waals surface area contributed by atoms with E-state index in [0.717, 1.165) is 5.39 Å². The van der Waals surface area contributed by atoms with E-state index in [1.807, 2.05) is 18.2 Å². The summed E-state index contributed by atoms with van der Waals surface area (Å²) >= 11 is 0. The fourth-order valence-electron chi connectivity index (χ4n) is 1.85. The molecule has 4 heteroatoms. The van der Waals surface area contributed by atoms with E-state index in [1.54, 1.807) is 12.1 Å². The molecule has 0 aliphatic carbocycles. The molecule has 0 atom stereocenters. The summed E-state index contributed by atoms with van der Waals surface area (Å²) in [5, 5.41) is 1.47. The number of hydrogen-bond acceptors (Lipinski definition) is 4. The Labute approximate surface area is 104 Å².